The van der Waals surface area contributed by atoms with Gasteiger partial charge in [-0.1, -0.05) is 6.07 Å². The van der Waals surface area contributed by atoms with Crippen molar-refractivity contribution >= 4 is 29.4 Å². The van der Waals surface area contributed by atoms with E-state index < -0.39 is 11.9 Å². The summed E-state index contributed by atoms with van der Waals surface area (Å²) in [6, 6.07) is 11.9. The summed E-state index contributed by atoms with van der Waals surface area (Å²) in [4.78, 5) is 46.9. The fourth-order valence-corrected chi connectivity index (χ4v) is 3.08. The van der Waals surface area contributed by atoms with Crippen LogP contribution in [0.5, 0.6) is 0 Å². The highest BCUT2D eigenvalue weighted by Crippen LogP contribution is 2.38. The molecule has 1 aliphatic carbocycles. The lowest BCUT2D eigenvalue weighted by Crippen LogP contribution is -2.40. The van der Waals surface area contributed by atoms with E-state index >= 15 is 0 Å². The zero-order valence-corrected chi connectivity index (χ0v) is 16.2. The Morgan fingerprint density at radius 1 is 0.867 bits per heavy atom. The highest BCUT2D eigenvalue weighted by molar-refractivity contribution is 5.99. The van der Waals surface area contributed by atoms with Gasteiger partial charge in [-0.3, -0.25) is 14.4 Å². The molecule has 0 bridgehead atoms. The molecule has 1 fully saturated rings. The Labute approximate surface area is 173 Å². The Hall–Kier alpha value is -3.88. The molecular formula is C21H23N5O4. The molecule has 3 rings (SSSR count). The number of hydrogen-bond acceptors (Lipinski definition) is 4. The van der Waals surface area contributed by atoms with Crippen LogP contribution in [0.25, 0.3) is 0 Å². The second-order valence-electron chi connectivity index (χ2n) is 7.25. The summed E-state index contributed by atoms with van der Waals surface area (Å²) in [5.74, 6) is -1.12. The van der Waals surface area contributed by atoms with Crippen molar-refractivity contribution in [1.29, 1.82) is 0 Å². The first kappa shape index (κ1) is 20.8. The maximum Gasteiger partial charge on any atom is 0.316 e. The molecular weight excluding hydrogens is 386 g/mol. The molecule has 30 heavy (non-hydrogen) atoms. The maximum atomic E-state index is 12.5. The van der Waals surface area contributed by atoms with Crippen molar-refractivity contribution in [2.75, 3.05) is 11.9 Å². The Balaban J connectivity index is 1.50. The predicted molar refractivity (Wildman–Crippen MR) is 111 cm³/mol. The topological polar surface area (TPSA) is 156 Å². The van der Waals surface area contributed by atoms with Crippen LogP contribution < -0.4 is 27.4 Å². The maximum absolute atomic E-state index is 12.5. The Bertz CT molecular complexity index is 983. The SMILES string of the molecule is NC(=O)Nc1ccc(C(=O)NCCC2(NC(=O)c3cccc(C(N)=O)c3)CC2)cc1. The van der Waals surface area contributed by atoms with Crippen LogP contribution in [0.3, 0.4) is 0 Å². The molecule has 5 amide bonds. The van der Waals surface area contributed by atoms with Gasteiger partial charge >= 0.3 is 6.03 Å². The number of hydrogen-bond donors (Lipinski definition) is 5. The first-order valence-electron chi connectivity index (χ1n) is 9.45. The third-order valence-electron chi connectivity index (χ3n) is 4.95. The molecule has 1 saturated carbocycles. The molecule has 0 unspecified atom stereocenters. The van der Waals surface area contributed by atoms with E-state index in [0.29, 0.717) is 29.8 Å². The quantitative estimate of drug-likeness (QED) is 0.446. The van der Waals surface area contributed by atoms with Crippen LogP contribution in [-0.2, 0) is 0 Å². The van der Waals surface area contributed by atoms with Crippen LogP contribution in [0, 0.1) is 0 Å². The lowest BCUT2D eigenvalue weighted by molar-refractivity contribution is 0.0927. The summed E-state index contributed by atoms with van der Waals surface area (Å²) < 4.78 is 0. The molecule has 2 aromatic carbocycles. The van der Waals surface area contributed by atoms with Gasteiger partial charge in [-0.25, -0.2) is 4.79 Å². The van der Waals surface area contributed by atoms with Gasteiger partial charge in [0.1, 0.15) is 0 Å². The number of carbonyl (C=O) groups is 4. The van der Waals surface area contributed by atoms with Crippen LogP contribution in [0.2, 0.25) is 0 Å². The van der Waals surface area contributed by atoms with Gasteiger partial charge in [0.05, 0.1) is 0 Å². The van der Waals surface area contributed by atoms with Crippen molar-refractivity contribution in [2.45, 2.75) is 24.8 Å². The number of nitrogens with two attached hydrogens (primary N) is 2. The molecule has 0 aliphatic heterocycles. The monoisotopic (exact) mass is 409 g/mol. The molecule has 0 aromatic heterocycles. The molecule has 7 N–H and O–H groups in total. The third kappa shape index (κ3) is 5.34. The number of urea groups is 1. The van der Waals surface area contributed by atoms with Crippen molar-refractivity contribution in [3.63, 3.8) is 0 Å². The molecule has 9 heteroatoms. The van der Waals surface area contributed by atoms with E-state index in [2.05, 4.69) is 16.0 Å². The number of nitrogens with one attached hydrogen (secondary N) is 3. The lowest BCUT2D eigenvalue weighted by atomic mass is 10.1. The number of benzene rings is 2. The van der Waals surface area contributed by atoms with Crippen LogP contribution >= 0.6 is 0 Å². The second kappa shape index (κ2) is 8.64. The average Bonchev–Trinajstić information content (AvgIpc) is 3.47. The number of rotatable bonds is 8. The number of anilines is 1. The minimum absolute atomic E-state index is 0.253. The van der Waals surface area contributed by atoms with Crippen molar-refractivity contribution < 1.29 is 19.2 Å². The Morgan fingerprint density at radius 3 is 2.13 bits per heavy atom. The molecule has 0 heterocycles. The van der Waals surface area contributed by atoms with Crippen molar-refractivity contribution in [3.05, 3.63) is 65.2 Å². The normalized spacial score (nSPS) is 13.7. The van der Waals surface area contributed by atoms with E-state index in [4.69, 9.17) is 11.5 Å². The zero-order valence-electron chi connectivity index (χ0n) is 16.2. The minimum atomic E-state index is -0.676. The molecule has 9 nitrogen and oxygen atoms in total. The third-order valence-corrected chi connectivity index (χ3v) is 4.95. The molecule has 2 aromatic rings. The van der Waals surface area contributed by atoms with E-state index in [1.807, 2.05) is 0 Å². The van der Waals surface area contributed by atoms with Gasteiger partial charge in [0.15, 0.2) is 0 Å². The van der Waals surface area contributed by atoms with Gasteiger partial charge in [-0.15, -0.1) is 0 Å². The number of carbonyl (C=O) groups excluding carboxylic acids is 4. The summed E-state index contributed by atoms with van der Waals surface area (Å²) in [6.45, 7) is 0.391. The molecule has 0 saturated heterocycles. The largest absolute Gasteiger partial charge is 0.366 e. The molecule has 156 valence electrons. The van der Waals surface area contributed by atoms with E-state index in [-0.39, 0.29) is 22.9 Å². The molecule has 0 radical (unpaired) electrons. The van der Waals surface area contributed by atoms with Crippen LogP contribution in [-0.4, -0.2) is 35.8 Å². The molecule has 1 aliphatic rings. The average molecular weight is 409 g/mol. The van der Waals surface area contributed by atoms with Crippen LogP contribution in [0.4, 0.5) is 10.5 Å². The van der Waals surface area contributed by atoms with Crippen molar-refractivity contribution in [2.24, 2.45) is 11.5 Å². The van der Waals surface area contributed by atoms with E-state index in [0.717, 1.165) is 12.8 Å². The van der Waals surface area contributed by atoms with E-state index in [1.54, 1.807) is 42.5 Å². The Kier molecular flexibility index (Phi) is 6.01. The summed E-state index contributed by atoms with van der Waals surface area (Å²) in [6.07, 6.45) is 2.22. The smallest absolute Gasteiger partial charge is 0.316 e. The molecule has 0 spiro atoms. The van der Waals surface area contributed by atoms with Crippen molar-refractivity contribution in [3.8, 4) is 0 Å². The fraction of sp³-hybridized carbons (Fsp3) is 0.238. The van der Waals surface area contributed by atoms with E-state index in [1.165, 1.54) is 6.07 Å². The van der Waals surface area contributed by atoms with Crippen LogP contribution in [0.1, 0.15) is 50.3 Å². The zero-order chi connectivity index (χ0) is 21.7. The van der Waals surface area contributed by atoms with Gasteiger partial charge in [0.2, 0.25) is 5.91 Å². The standard InChI is InChI=1S/C21H23N5O4/c22-17(27)14-2-1-3-15(12-14)19(29)26-21(8-9-21)10-11-24-18(28)13-4-6-16(7-5-13)25-20(23)30/h1-7,12H,8-11H2,(H2,22,27)(H,24,28)(H,26,29)(H3,23,25,30). The minimum Gasteiger partial charge on any atom is -0.366 e. The summed E-state index contributed by atoms with van der Waals surface area (Å²) in [5.41, 5.74) is 11.5. The van der Waals surface area contributed by atoms with Gasteiger partial charge in [-0.05, 0) is 61.7 Å². The highest BCUT2D eigenvalue weighted by Gasteiger charge is 2.43. The van der Waals surface area contributed by atoms with E-state index in [9.17, 15) is 19.2 Å². The fourth-order valence-electron chi connectivity index (χ4n) is 3.08. The Morgan fingerprint density at radius 2 is 1.53 bits per heavy atom. The highest BCUT2D eigenvalue weighted by atomic mass is 16.2. The van der Waals surface area contributed by atoms with Crippen molar-refractivity contribution in [1.82, 2.24) is 10.6 Å². The van der Waals surface area contributed by atoms with Gasteiger partial charge in [0, 0.05) is 34.5 Å². The predicted octanol–water partition coefficient (Wildman–Crippen LogP) is 1.36. The molecule has 0 atom stereocenters. The summed E-state index contributed by atoms with van der Waals surface area (Å²) in [7, 11) is 0. The second-order valence-corrected chi connectivity index (χ2v) is 7.25. The summed E-state index contributed by atoms with van der Waals surface area (Å²) in [5, 5.41) is 8.25. The number of primary amides is 2. The van der Waals surface area contributed by atoms with Gasteiger partial charge < -0.3 is 27.4 Å². The number of amides is 5. The van der Waals surface area contributed by atoms with Gasteiger partial charge in [0.25, 0.3) is 11.8 Å². The lowest BCUT2D eigenvalue weighted by Gasteiger charge is -2.18. The first-order chi connectivity index (χ1) is 14.3. The first-order valence-corrected chi connectivity index (χ1v) is 9.45. The summed E-state index contributed by atoms with van der Waals surface area (Å²) >= 11 is 0. The van der Waals surface area contributed by atoms with Gasteiger partial charge in [-0.2, -0.15) is 0 Å². The van der Waals surface area contributed by atoms with Crippen LogP contribution in [0.15, 0.2) is 48.5 Å².